The van der Waals surface area contributed by atoms with Crippen molar-refractivity contribution in [3.05, 3.63) is 30.3 Å². The number of carbonyl (C=O) groups is 1. The highest BCUT2D eigenvalue weighted by Crippen LogP contribution is 2.42. The Balaban J connectivity index is 2.03. The number of hydrogen-bond donors (Lipinski definition) is 0. The molecule has 2 heteroatoms. The van der Waals surface area contributed by atoms with Crippen molar-refractivity contribution < 1.29 is 9.53 Å². The molecule has 0 aliphatic heterocycles. The van der Waals surface area contributed by atoms with Gasteiger partial charge in [0.2, 0.25) is 0 Å². The molecule has 20 heavy (non-hydrogen) atoms. The first-order chi connectivity index (χ1) is 9.77. The molecule has 0 spiro atoms. The van der Waals surface area contributed by atoms with E-state index in [0.717, 1.165) is 38.5 Å². The predicted molar refractivity (Wildman–Crippen MR) is 81.7 cm³/mol. The van der Waals surface area contributed by atoms with Gasteiger partial charge in [0.1, 0.15) is 5.75 Å². The van der Waals surface area contributed by atoms with Gasteiger partial charge < -0.3 is 4.74 Å². The van der Waals surface area contributed by atoms with E-state index in [-0.39, 0.29) is 11.4 Å². The molecule has 1 aromatic carbocycles. The van der Waals surface area contributed by atoms with Crippen molar-refractivity contribution in [2.75, 3.05) is 0 Å². The molecule has 1 aliphatic rings. The molecule has 0 bridgehead atoms. The fourth-order valence-corrected chi connectivity index (χ4v) is 3.20. The summed E-state index contributed by atoms with van der Waals surface area (Å²) < 4.78 is 5.65. The Labute approximate surface area is 122 Å². The Bertz CT molecular complexity index is 405. The summed E-state index contributed by atoms with van der Waals surface area (Å²) in [6, 6.07) is 9.48. The smallest absolute Gasteiger partial charge is 0.317 e. The first-order valence-electron chi connectivity index (χ1n) is 8.04. The second kappa shape index (κ2) is 7.47. The first kappa shape index (κ1) is 15.1. The van der Waals surface area contributed by atoms with Crippen LogP contribution in [0.15, 0.2) is 30.3 Å². The molecular formula is C18H26O2. The first-order valence-corrected chi connectivity index (χ1v) is 8.04. The minimum absolute atomic E-state index is 0.000460. The van der Waals surface area contributed by atoms with Gasteiger partial charge in [0.15, 0.2) is 0 Å². The molecule has 0 atom stereocenters. The molecule has 0 aromatic heterocycles. The number of benzene rings is 1. The van der Waals surface area contributed by atoms with Gasteiger partial charge >= 0.3 is 5.97 Å². The van der Waals surface area contributed by atoms with Crippen LogP contribution in [0.3, 0.4) is 0 Å². The summed E-state index contributed by atoms with van der Waals surface area (Å²) >= 11 is 0. The van der Waals surface area contributed by atoms with Crippen LogP contribution in [0.2, 0.25) is 0 Å². The zero-order valence-corrected chi connectivity index (χ0v) is 12.6. The summed E-state index contributed by atoms with van der Waals surface area (Å²) in [4.78, 5) is 12.7. The van der Waals surface area contributed by atoms with E-state index in [1.54, 1.807) is 0 Å². The molecule has 0 N–H and O–H groups in total. The molecule has 0 radical (unpaired) electrons. The summed E-state index contributed by atoms with van der Waals surface area (Å²) in [5.41, 5.74) is -0.219. The minimum Gasteiger partial charge on any atom is -0.426 e. The van der Waals surface area contributed by atoms with Gasteiger partial charge in [-0.25, -0.2) is 0 Å². The molecule has 1 saturated carbocycles. The van der Waals surface area contributed by atoms with Gasteiger partial charge in [0, 0.05) is 0 Å². The average molecular weight is 274 g/mol. The summed E-state index contributed by atoms with van der Waals surface area (Å²) in [5.74, 6) is 0.678. The SMILES string of the molecule is CCCCCC1(C(=O)Oc2ccccc2)CCCCC1. The van der Waals surface area contributed by atoms with E-state index in [0.29, 0.717) is 5.75 Å². The van der Waals surface area contributed by atoms with E-state index in [1.807, 2.05) is 30.3 Å². The Kier molecular flexibility index (Phi) is 5.63. The minimum atomic E-state index is -0.219. The van der Waals surface area contributed by atoms with Crippen LogP contribution in [0.1, 0.15) is 64.7 Å². The summed E-state index contributed by atoms with van der Waals surface area (Å²) in [7, 11) is 0. The Hall–Kier alpha value is -1.31. The molecule has 0 amide bonds. The van der Waals surface area contributed by atoms with E-state index in [9.17, 15) is 4.79 Å². The third-order valence-electron chi connectivity index (χ3n) is 4.46. The van der Waals surface area contributed by atoms with Crippen LogP contribution >= 0.6 is 0 Å². The van der Waals surface area contributed by atoms with Gasteiger partial charge in [-0.05, 0) is 31.4 Å². The molecule has 0 saturated heterocycles. The molecule has 1 fully saturated rings. The van der Waals surface area contributed by atoms with Crippen molar-refractivity contribution in [3.8, 4) is 5.75 Å². The number of carbonyl (C=O) groups excluding carboxylic acids is 1. The maximum absolute atomic E-state index is 12.7. The van der Waals surface area contributed by atoms with E-state index in [1.165, 1.54) is 19.3 Å². The van der Waals surface area contributed by atoms with E-state index < -0.39 is 0 Å². The Morgan fingerprint density at radius 2 is 1.80 bits per heavy atom. The highest BCUT2D eigenvalue weighted by Gasteiger charge is 2.40. The number of esters is 1. The Morgan fingerprint density at radius 1 is 1.10 bits per heavy atom. The van der Waals surface area contributed by atoms with E-state index in [4.69, 9.17) is 4.74 Å². The lowest BCUT2D eigenvalue weighted by Crippen LogP contribution is -2.37. The van der Waals surface area contributed by atoms with Crippen molar-refractivity contribution in [3.63, 3.8) is 0 Å². The Morgan fingerprint density at radius 3 is 2.45 bits per heavy atom. The number of ether oxygens (including phenoxy) is 1. The van der Waals surface area contributed by atoms with Crippen molar-refractivity contribution in [2.45, 2.75) is 64.7 Å². The van der Waals surface area contributed by atoms with Crippen LogP contribution in [0.4, 0.5) is 0 Å². The maximum atomic E-state index is 12.7. The topological polar surface area (TPSA) is 26.3 Å². The summed E-state index contributed by atoms with van der Waals surface area (Å²) in [5, 5.41) is 0. The van der Waals surface area contributed by atoms with Crippen molar-refractivity contribution in [2.24, 2.45) is 5.41 Å². The molecule has 1 aliphatic carbocycles. The normalized spacial score (nSPS) is 17.6. The molecule has 2 nitrogen and oxygen atoms in total. The van der Waals surface area contributed by atoms with Crippen molar-refractivity contribution in [1.29, 1.82) is 0 Å². The van der Waals surface area contributed by atoms with Crippen LogP contribution in [-0.2, 0) is 4.79 Å². The number of rotatable bonds is 6. The molecular weight excluding hydrogens is 248 g/mol. The van der Waals surface area contributed by atoms with Gasteiger partial charge in [0.05, 0.1) is 5.41 Å². The molecule has 110 valence electrons. The number of para-hydroxylation sites is 1. The zero-order valence-electron chi connectivity index (χ0n) is 12.6. The number of hydrogen-bond acceptors (Lipinski definition) is 2. The van der Waals surface area contributed by atoms with Crippen molar-refractivity contribution in [1.82, 2.24) is 0 Å². The fourth-order valence-electron chi connectivity index (χ4n) is 3.20. The lowest BCUT2D eigenvalue weighted by molar-refractivity contribution is -0.148. The highest BCUT2D eigenvalue weighted by molar-refractivity contribution is 5.79. The molecule has 2 rings (SSSR count). The van der Waals surface area contributed by atoms with Crippen LogP contribution in [0, 0.1) is 5.41 Å². The zero-order chi connectivity index (χ0) is 14.3. The maximum Gasteiger partial charge on any atom is 0.317 e. The second-order valence-electron chi connectivity index (χ2n) is 6.00. The second-order valence-corrected chi connectivity index (χ2v) is 6.00. The largest absolute Gasteiger partial charge is 0.426 e. The van der Waals surface area contributed by atoms with Crippen LogP contribution in [0.25, 0.3) is 0 Å². The summed E-state index contributed by atoms with van der Waals surface area (Å²) in [6.45, 7) is 2.20. The van der Waals surface area contributed by atoms with Gasteiger partial charge in [-0.1, -0.05) is 63.6 Å². The molecule has 1 aromatic rings. The van der Waals surface area contributed by atoms with Crippen LogP contribution in [0.5, 0.6) is 5.75 Å². The predicted octanol–water partition coefficient (Wildman–Crippen LogP) is 5.12. The average Bonchev–Trinajstić information content (AvgIpc) is 2.49. The highest BCUT2D eigenvalue weighted by atomic mass is 16.5. The van der Waals surface area contributed by atoms with E-state index in [2.05, 4.69) is 6.92 Å². The third-order valence-corrected chi connectivity index (χ3v) is 4.46. The third kappa shape index (κ3) is 3.84. The lowest BCUT2D eigenvalue weighted by atomic mass is 9.71. The fraction of sp³-hybridized carbons (Fsp3) is 0.611. The van der Waals surface area contributed by atoms with Crippen molar-refractivity contribution >= 4 is 5.97 Å². The van der Waals surface area contributed by atoms with Gasteiger partial charge in [-0.3, -0.25) is 4.79 Å². The quantitative estimate of drug-likeness (QED) is 0.409. The van der Waals surface area contributed by atoms with Crippen LogP contribution < -0.4 is 4.74 Å². The van der Waals surface area contributed by atoms with Crippen LogP contribution in [-0.4, -0.2) is 5.97 Å². The summed E-state index contributed by atoms with van der Waals surface area (Å²) in [6.07, 6.45) is 10.1. The molecule has 0 heterocycles. The van der Waals surface area contributed by atoms with Gasteiger partial charge in [-0.2, -0.15) is 0 Å². The monoisotopic (exact) mass is 274 g/mol. The molecule has 0 unspecified atom stereocenters. The number of unbranched alkanes of at least 4 members (excludes halogenated alkanes) is 2. The van der Waals surface area contributed by atoms with E-state index >= 15 is 0 Å². The van der Waals surface area contributed by atoms with Gasteiger partial charge in [-0.15, -0.1) is 0 Å². The lowest BCUT2D eigenvalue weighted by Gasteiger charge is -2.35. The standard InChI is InChI=1S/C18H26O2/c1-2-3-8-13-18(14-9-5-10-15-18)17(19)20-16-11-6-4-7-12-16/h4,6-7,11-12H,2-3,5,8-10,13-15H2,1H3. The van der Waals surface area contributed by atoms with Gasteiger partial charge in [0.25, 0.3) is 0 Å².